The number of carbonyl (C=O) groups is 2. The quantitative estimate of drug-likeness (QED) is 0.190. The lowest BCUT2D eigenvalue weighted by Gasteiger charge is -2.15. The van der Waals surface area contributed by atoms with Crippen molar-refractivity contribution in [2.45, 2.75) is 59.4 Å². The van der Waals surface area contributed by atoms with Crippen LogP contribution >= 0.6 is 0 Å². The van der Waals surface area contributed by atoms with Gasteiger partial charge in [-0.1, -0.05) is 17.7 Å². The summed E-state index contributed by atoms with van der Waals surface area (Å²) in [5, 5.41) is 11.1. The molecular formula is C24H28N2O5. The lowest BCUT2D eigenvalue weighted by molar-refractivity contribution is -0.385. The number of hydrogen-bond acceptors (Lipinski definition) is 5. The number of nitro benzene ring substituents is 1. The van der Waals surface area contributed by atoms with Crippen molar-refractivity contribution in [1.29, 1.82) is 0 Å². The van der Waals surface area contributed by atoms with Crippen molar-refractivity contribution in [2.75, 3.05) is 6.61 Å². The van der Waals surface area contributed by atoms with Crippen LogP contribution in [0.5, 0.6) is 0 Å². The largest absolute Gasteiger partial charge is 0.454 e. The van der Waals surface area contributed by atoms with Crippen LogP contribution in [0, 0.1) is 30.9 Å². The zero-order chi connectivity index (χ0) is 22.5. The minimum absolute atomic E-state index is 0.0910. The summed E-state index contributed by atoms with van der Waals surface area (Å²) in [7, 11) is 0. The molecule has 1 aromatic heterocycles. The van der Waals surface area contributed by atoms with Crippen LogP contribution in [-0.4, -0.2) is 27.8 Å². The van der Waals surface area contributed by atoms with E-state index in [2.05, 4.69) is 10.6 Å². The molecule has 1 aliphatic rings. The molecule has 0 fully saturated rings. The number of allylic oxidation sites excluding steroid dienone is 2. The molecular weight excluding hydrogens is 396 g/mol. The lowest BCUT2D eigenvalue weighted by atomic mass is 9.97. The third kappa shape index (κ3) is 5.10. The van der Waals surface area contributed by atoms with Gasteiger partial charge in [0.25, 0.3) is 5.69 Å². The van der Waals surface area contributed by atoms with E-state index >= 15 is 0 Å². The highest BCUT2D eigenvalue weighted by Crippen LogP contribution is 2.24. The van der Waals surface area contributed by atoms with Gasteiger partial charge >= 0.3 is 5.97 Å². The Kier molecular flexibility index (Phi) is 7.05. The Morgan fingerprint density at radius 2 is 1.94 bits per heavy atom. The van der Waals surface area contributed by atoms with Gasteiger partial charge < -0.3 is 9.30 Å². The fourth-order valence-electron chi connectivity index (χ4n) is 4.14. The topological polar surface area (TPSA) is 91.4 Å². The van der Waals surface area contributed by atoms with Crippen molar-refractivity contribution in [2.24, 2.45) is 0 Å². The number of carbonyl (C=O) groups excluding carboxylic acids is 2. The van der Waals surface area contributed by atoms with Crippen molar-refractivity contribution in [3.8, 4) is 0 Å². The number of ketones is 1. The second-order valence-corrected chi connectivity index (χ2v) is 8.00. The van der Waals surface area contributed by atoms with Crippen molar-refractivity contribution in [1.82, 2.24) is 4.57 Å². The van der Waals surface area contributed by atoms with E-state index in [-0.39, 0.29) is 22.6 Å². The van der Waals surface area contributed by atoms with E-state index in [0.717, 1.165) is 37.2 Å². The Balaban J connectivity index is 1.66. The second-order valence-electron chi connectivity index (χ2n) is 8.00. The van der Waals surface area contributed by atoms with Crippen molar-refractivity contribution >= 4 is 17.4 Å². The minimum Gasteiger partial charge on any atom is -0.454 e. The Labute approximate surface area is 181 Å². The maximum atomic E-state index is 12.7. The van der Waals surface area contributed by atoms with Gasteiger partial charge in [0, 0.05) is 35.1 Å². The van der Waals surface area contributed by atoms with E-state index in [4.69, 9.17) is 4.74 Å². The molecule has 0 saturated heterocycles. The summed E-state index contributed by atoms with van der Waals surface area (Å²) in [5.74, 6) is -1.03. The molecule has 0 saturated carbocycles. The van der Waals surface area contributed by atoms with Crippen LogP contribution in [-0.2, 0) is 11.3 Å². The third-order valence-electron chi connectivity index (χ3n) is 5.97. The van der Waals surface area contributed by atoms with Gasteiger partial charge in [0.05, 0.1) is 10.5 Å². The molecule has 2 aromatic rings. The fraction of sp³-hybridized carbons (Fsp3) is 0.417. The number of benzene rings is 1. The van der Waals surface area contributed by atoms with Gasteiger partial charge in [-0.25, -0.2) is 4.79 Å². The van der Waals surface area contributed by atoms with E-state index in [0.29, 0.717) is 5.56 Å². The summed E-state index contributed by atoms with van der Waals surface area (Å²) < 4.78 is 7.32. The fourth-order valence-corrected chi connectivity index (χ4v) is 4.14. The zero-order valence-corrected chi connectivity index (χ0v) is 18.3. The first kappa shape index (κ1) is 22.5. The third-order valence-corrected chi connectivity index (χ3v) is 5.97. The number of aromatic nitrogens is 1. The predicted molar refractivity (Wildman–Crippen MR) is 118 cm³/mol. The molecule has 0 amide bonds. The number of esters is 1. The van der Waals surface area contributed by atoms with Gasteiger partial charge in [0.15, 0.2) is 6.61 Å². The highest BCUT2D eigenvalue weighted by Gasteiger charge is 2.21. The van der Waals surface area contributed by atoms with Crippen molar-refractivity contribution < 1.29 is 19.2 Å². The maximum absolute atomic E-state index is 12.7. The molecule has 0 aliphatic heterocycles. The summed E-state index contributed by atoms with van der Waals surface area (Å²) >= 11 is 0. The van der Waals surface area contributed by atoms with Crippen LogP contribution in [0.25, 0.3) is 0 Å². The molecule has 31 heavy (non-hydrogen) atoms. The van der Waals surface area contributed by atoms with E-state index in [1.54, 1.807) is 0 Å². The van der Waals surface area contributed by atoms with Gasteiger partial charge in [0.1, 0.15) is 0 Å². The Bertz CT molecular complexity index is 1050. The van der Waals surface area contributed by atoms with Crippen LogP contribution < -0.4 is 0 Å². The summed E-state index contributed by atoms with van der Waals surface area (Å²) in [4.78, 5) is 35.6. The Hall–Kier alpha value is -3.22. The number of nitrogens with zero attached hydrogens (tertiary/aromatic N) is 2. The van der Waals surface area contributed by atoms with Gasteiger partial charge in [0.2, 0.25) is 5.78 Å². The molecule has 0 unspecified atom stereocenters. The summed E-state index contributed by atoms with van der Waals surface area (Å²) in [5.41, 5.74) is 4.04. The number of rotatable bonds is 8. The number of hydrogen-bond donors (Lipinski definition) is 0. The molecule has 1 aromatic carbocycles. The van der Waals surface area contributed by atoms with Gasteiger partial charge in [-0.15, -0.1) is 0 Å². The molecule has 0 atom stereocenters. The van der Waals surface area contributed by atoms with E-state index in [1.165, 1.54) is 43.5 Å². The van der Waals surface area contributed by atoms with Crippen LogP contribution in [0.1, 0.15) is 69.8 Å². The maximum Gasteiger partial charge on any atom is 0.339 e. The van der Waals surface area contributed by atoms with E-state index < -0.39 is 17.5 Å². The number of ether oxygens (including phenoxy) is 1. The molecule has 3 rings (SSSR count). The van der Waals surface area contributed by atoms with Crippen LogP contribution in [0.2, 0.25) is 0 Å². The van der Waals surface area contributed by atoms with E-state index in [9.17, 15) is 19.7 Å². The summed E-state index contributed by atoms with van der Waals surface area (Å²) in [6, 6.07) is 6.05. The molecule has 0 N–H and O–H groups in total. The first-order chi connectivity index (χ1) is 14.8. The lowest BCUT2D eigenvalue weighted by Crippen LogP contribution is -2.16. The SMILES string of the molecule is Cc1c(C(=O)OCC(=O)c2cc(C)n(CCC3=CCCCC3)c2C)cccc1[N+](=O)[O-]. The van der Waals surface area contributed by atoms with Crippen molar-refractivity contribution in [3.63, 3.8) is 0 Å². The molecule has 7 nitrogen and oxygen atoms in total. The van der Waals surface area contributed by atoms with Crippen LogP contribution in [0.4, 0.5) is 5.69 Å². The normalized spacial score (nSPS) is 13.6. The van der Waals surface area contributed by atoms with Crippen LogP contribution in [0.3, 0.4) is 0 Å². The first-order valence-electron chi connectivity index (χ1n) is 10.6. The molecule has 1 heterocycles. The zero-order valence-electron chi connectivity index (χ0n) is 18.3. The molecule has 164 valence electrons. The van der Waals surface area contributed by atoms with Crippen LogP contribution in [0.15, 0.2) is 35.9 Å². The summed E-state index contributed by atoms with van der Waals surface area (Å²) in [6.45, 7) is 5.78. The van der Waals surface area contributed by atoms with Gasteiger partial charge in [-0.2, -0.15) is 0 Å². The number of Topliss-reactive ketones (excluding diaryl/α,β-unsaturated/α-hetero) is 1. The monoisotopic (exact) mass is 424 g/mol. The minimum atomic E-state index is -0.743. The highest BCUT2D eigenvalue weighted by molar-refractivity contribution is 6.00. The Morgan fingerprint density at radius 3 is 2.61 bits per heavy atom. The second kappa shape index (κ2) is 9.73. The molecule has 1 aliphatic carbocycles. The smallest absolute Gasteiger partial charge is 0.339 e. The molecule has 7 heteroatoms. The predicted octanol–water partition coefficient (Wildman–Crippen LogP) is 5.25. The Morgan fingerprint density at radius 1 is 1.16 bits per heavy atom. The van der Waals surface area contributed by atoms with Crippen molar-refractivity contribution in [3.05, 3.63) is 74.1 Å². The average molecular weight is 424 g/mol. The molecule has 0 spiro atoms. The van der Waals surface area contributed by atoms with Gasteiger partial charge in [-0.05, 0) is 65.0 Å². The average Bonchev–Trinajstić information content (AvgIpc) is 3.04. The molecule has 0 radical (unpaired) electrons. The standard InChI is InChI=1S/C24H28N2O5/c1-16-14-21(18(3)25(16)13-12-19-8-5-4-6-9-19)23(27)15-31-24(28)20-10-7-11-22(17(20)2)26(29)30/h7-8,10-11,14H,4-6,9,12-13,15H2,1-3H3. The highest BCUT2D eigenvalue weighted by atomic mass is 16.6. The first-order valence-corrected chi connectivity index (χ1v) is 10.6. The number of nitro groups is 1. The number of aryl methyl sites for hydroxylation is 1. The summed E-state index contributed by atoms with van der Waals surface area (Å²) in [6.07, 6.45) is 8.12. The van der Waals surface area contributed by atoms with E-state index in [1.807, 2.05) is 19.9 Å². The molecule has 0 bridgehead atoms. The van der Waals surface area contributed by atoms with Gasteiger partial charge in [-0.3, -0.25) is 14.9 Å².